The van der Waals surface area contributed by atoms with Gasteiger partial charge in [0, 0.05) is 11.9 Å². The molecule has 0 aliphatic carbocycles. The number of hydrogen-bond donors (Lipinski definition) is 1. The van der Waals surface area contributed by atoms with Crippen LogP contribution in [-0.2, 0) is 27.2 Å². The van der Waals surface area contributed by atoms with Crippen LogP contribution in [0.1, 0.15) is 69.4 Å². The van der Waals surface area contributed by atoms with E-state index in [9.17, 15) is 19.8 Å². The first kappa shape index (κ1) is 31.8. The minimum absolute atomic E-state index is 0.0652. The zero-order valence-corrected chi connectivity index (χ0v) is 23.7. The van der Waals surface area contributed by atoms with E-state index in [1.54, 1.807) is 32.4 Å². The summed E-state index contributed by atoms with van der Waals surface area (Å²) in [4.78, 5) is 22.3. The van der Waals surface area contributed by atoms with Gasteiger partial charge in [0.2, 0.25) is 0 Å². The van der Waals surface area contributed by atoms with Crippen LogP contribution in [0.3, 0.4) is 0 Å². The minimum Gasteiger partial charge on any atom is -0.550 e. The summed E-state index contributed by atoms with van der Waals surface area (Å²) >= 11 is 0. The summed E-state index contributed by atoms with van der Waals surface area (Å²) in [5, 5.41) is 19.8. The molecule has 1 N–H and O–H groups in total. The number of aromatic hydroxyl groups is 1. The van der Waals surface area contributed by atoms with Crippen LogP contribution in [-0.4, -0.2) is 45.0 Å². The van der Waals surface area contributed by atoms with Crippen LogP contribution in [0.15, 0.2) is 36.4 Å². The maximum absolute atomic E-state index is 12.3. The van der Waals surface area contributed by atoms with E-state index in [1.807, 2.05) is 18.2 Å². The van der Waals surface area contributed by atoms with Crippen molar-refractivity contribution in [2.75, 3.05) is 27.9 Å². The van der Waals surface area contributed by atoms with Gasteiger partial charge in [0.05, 0.1) is 33.9 Å². The second-order valence-corrected chi connectivity index (χ2v) is 9.84. The van der Waals surface area contributed by atoms with Crippen molar-refractivity contribution in [3.05, 3.63) is 47.5 Å². The van der Waals surface area contributed by atoms with E-state index in [2.05, 4.69) is 6.92 Å². The number of carbonyl (C=O) groups excluding carboxylic acids is 2. The number of carbonyl (C=O) groups is 2. The molecule has 216 valence electrons. The van der Waals surface area contributed by atoms with Crippen LogP contribution in [0.2, 0.25) is 0 Å². The van der Waals surface area contributed by atoms with Gasteiger partial charge in [-0.15, -0.1) is 0 Å². The fourth-order valence-electron chi connectivity index (χ4n) is 4.70. The van der Waals surface area contributed by atoms with Crippen LogP contribution >= 0.6 is 0 Å². The molecule has 2 aromatic carbocycles. The van der Waals surface area contributed by atoms with Crippen molar-refractivity contribution in [3.8, 4) is 23.0 Å². The lowest BCUT2D eigenvalue weighted by Gasteiger charge is -2.17. The molecule has 0 saturated carbocycles. The number of carboxylic acids is 1. The molecule has 2 atom stereocenters. The van der Waals surface area contributed by atoms with Crippen LogP contribution in [0.5, 0.6) is 23.0 Å². The molecular formula is C31H43O8-. The van der Waals surface area contributed by atoms with Crippen molar-refractivity contribution < 1.29 is 38.7 Å². The molecule has 0 unspecified atom stereocenters. The average molecular weight is 544 g/mol. The number of benzene rings is 2. The van der Waals surface area contributed by atoms with Gasteiger partial charge in [-0.05, 0) is 61.1 Å². The molecule has 0 amide bonds. The standard InChI is InChI=1S/C21H24O6.C10H20O2/c1-24-18-7-5-13(11-20(18)26-3)8-15-12-27-21(23)16(15)9-14-4-6-17(22)19(10-14)25-2;1-2-3-4-5-6-7-8-9-10(11)12/h4-7,10-11,15-16,22H,8-9,12H2,1-3H3;2-9H2,1H3,(H,11,12)/p-1/t15-,16+;/m0./s1. The third kappa shape index (κ3) is 10.7. The summed E-state index contributed by atoms with van der Waals surface area (Å²) in [6.45, 7) is 2.59. The number of cyclic esters (lactones) is 1. The van der Waals surface area contributed by atoms with Crippen LogP contribution in [0.25, 0.3) is 0 Å². The summed E-state index contributed by atoms with van der Waals surface area (Å²) in [5.74, 6) is 0.541. The van der Waals surface area contributed by atoms with Gasteiger partial charge < -0.3 is 34.0 Å². The Morgan fingerprint density at radius 2 is 1.46 bits per heavy atom. The molecule has 3 rings (SSSR count). The third-order valence-electron chi connectivity index (χ3n) is 6.94. The van der Waals surface area contributed by atoms with E-state index in [0.29, 0.717) is 36.7 Å². The first-order chi connectivity index (χ1) is 18.8. The van der Waals surface area contributed by atoms with Crippen molar-refractivity contribution >= 4 is 11.9 Å². The summed E-state index contributed by atoms with van der Waals surface area (Å²) in [6.07, 6.45) is 9.58. The predicted octanol–water partition coefficient (Wildman–Crippen LogP) is 4.87. The number of aliphatic carboxylic acids is 1. The summed E-state index contributed by atoms with van der Waals surface area (Å²) in [7, 11) is 4.70. The Kier molecular flexibility index (Phi) is 14.0. The van der Waals surface area contributed by atoms with Crippen LogP contribution in [0, 0.1) is 11.8 Å². The number of phenols is 1. The second kappa shape index (κ2) is 17.2. The molecule has 39 heavy (non-hydrogen) atoms. The lowest BCUT2D eigenvalue weighted by atomic mass is 9.85. The molecule has 0 radical (unpaired) electrons. The van der Waals surface area contributed by atoms with Gasteiger partial charge in [0.1, 0.15) is 0 Å². The first-order valence-electron chi connectivity index (χ1n) is 13.8. The number of methoxy groups -OCH3 is 3. The van der Waals surface area contributed by atoms with Crippen molar-refractivity contribution in [1.29, 1.82) is 0 Å². The van der Waals surface area contributed by atoms with Crippen LogP contribution < -0.4 is 19.3 Å². The zero-order chi connectivity index (χ0) is 28.6. The quantitative estimate of drug-likeness (QED) is 0.250. The molecule has 8 heteroatoms. The topological polar surface area (TPSA) is 114 Å². The van der Waals surface area contributed by atoms with Gasteiger partial charge in [-0.2, -0.15) is 0 Å². The number of ether oxygens (including phenoxy) is 4. The number of esters is 1. The summed E-state index contributed by atoms with van der Waals surface area (Å²) < 4.78 is 21.1. The fraction of sp³-hybridized carbons (Fsp3) is 0.548. The molecule has 0 spiro atoms. The highest BCUT2D eigenvalue weighted by Crippen LogP contribution is 2.34. The monoisotopic (exact) mass is 543 g/mol. The van der Waals surface area contributed by atoms with Crippen molar-refractivity contribution in [2.24, 2.45) is 11.8 Å². The molecule has 2 aromatic rings. The van der Waals surface area contributed by atoms with Crippen molar-refractivity contribution in [2.45, 2.75) is 71.1 Å². The minimum atomic E-state index is -0.913. The largest absolute Gasteiger partial charge is 0.550 e. The molecule has 1 heterocycles. The van der Waals surface area contributed by atoms with E-state index in [1.165, 1.54) is 39.2 Å². The summed E-state index contributed by atoms with van der Waals surface area (Å²) in [5.41, 5.74) is 1.98. The lowest BCUT2D eigenvalue weighted by molar-refractivity contribution is -0.305. The van der Waals surface area contributed by atoms with Gasteiger partial charge in [-0.25, -0.2) is 0 Å². The van der Waals surface area contributed by atoms with Gasteiger partial charge >= 0.3 is 5.97 Å². The molecule has 1 aliphatic heterocycles. The predicted molar refractivity (Wildman–Crippen MR) is 147 cm³/mol. The number of carboxylic acid groups (broad SMARTS) is 1. The maximum atomic E-state index is 12.3. The van der Waals surface area contributed by atoms with E-state index in [0.717, 1.165) is 24.0 Å². The van der Waals surface area contributed by atoms with E-state index < -0.39 is 5.97 Å². The van der Waals surface area contributed by atoms with Crippen molar-refractivity contribution in [1.82, 2.24) is 0 Å². The highest BCUT2D eigenvalue weighted by molar-refractivity contribution is 5.75. The number of hydrogen-bond acceptors (Lipinski definition) is 8. The number of unbranched alkanes of at least 4 members (excludes halogenated alkanes) is 6. The smallest absolute Gasteiger partial charge is 0.309 e. The van der Waals surface area contributed by atoms with E-state index in [-0.39, 0.29) is 30.0 Å². The first-order valence-corrected chi connectivity index (χ1v) is 13.8. The molecular weight excluding hydrogens is 500 g/mol. The van der Waals surface area contributed by atoms with Gasteiger partial charge in [0.15, 0.2) is 23.0 Å². The van der Waals surface area contributed by atoms with Crippen LogP contribution in [0.4, 0.5) is 0 Å². The normalized spacial score (nSPS) is 16.2. The van der Waals surface area contributed by atoms with E-state index >= 15 is 0 Å². The van der Waals surface area contributed by atoms with Gasteiger partial charge in [-0.3, -0.25) is 4.79 Å². The second-order valence-electron chi connectivity index (χ2n) is 9.84. The Hall–Kier alpha value is -3.42. The summed E-state index contributed by atoms with van der Waals surface area (Å²) in [6, 6.07) is 10.9. The molecule has 0 aromatic heterocycles. The maximum Gasteiger partial charge on any atom is 0.309 e. The Labute approximate surface area is 232 Å². The number of rotatable bonds is 15. The third-order valence-corrected chi connectivity index (χ3v) is 6.94. The van der Waals surface area contributed by atoms with Crippen molar-refractivity contribution in [3.63, 3.8) is 0 Å². The highest BCUT2D eigenvalue weighted by atomic mass is 16.5. The molecule has 1 fully saturated rings. The molecule has 1 aliphatic rings. The average Bonchev–Trinajstić information content (AvgIpc) is 3.27. The Morgan fingerprint density at radius 3 is 2.10 bits per heavy atom. The zero-order valence-electron chi connectivity index (χ0n) is 23.7. The molecule has 1 saturated heterocycles. The Morgan fingerprint density at radius 1 is 0.872 bits per heavy atom. The van der Waals surface area contributed by atoms with Gasteiger partial charge in [-0.1, -0.05) is 57.6 Å². The number of phenolic OH excluding ortho intramolecular Hbond substituents is 1. The molecule has 8 nitrogen and oxygen atoms in total. The molecule has 0 bridgehead atoms. The Bertz CT molecular complexity index is 1040. The Balaban J connectivity index is 0.000000377. The lowest BCUT2D eigenvalue weighted by Crippen LogP contribution is -2.21. The highest BCUT2D eigenvalue weighted by Gasteiger charge is 2.37. The van der Waals surface area contributed by atoms with Gasteiger partial charge in [0.25, 0.3) is 0 Å². The van der Waals surface area contributed by atoms with E-state index in [4.69, 9.17) is 18.9 Å². The SMILES string of the molecule is CCCCCCCCCC(=O)[O-].COc1cc(C[C@H]2C(=O)OC[C@@H]2Cc2ccc(OC)c(OC)c2)ccc1O. The fourth-order valence-corrected chi connectivity index (χ4v) is 4.70.